The van der Waals surface area contributed by atoms with Gasteiger partial charge in [-0.1, -0.05) is 6.07 Å². The van der Waals surface area contributed by atoms with Crippen LogP contribution in [-0.2, 0) is 0 Å². The summed E-state index contributed by atoms with van der Waals surface area (Å²) in [7, 11) is 0. The number of rotatable bonds is 4. The largest absolute Gasteiger partial charge is 0.476 e. The van der Waals surface area contributed by atoms with Crippen LogP contribution < -0.4 is 4.90 Å². The Morgan fingerprint density at radius 3 is 3.00 bits per heavy atom. The van der Waals surface area contributed by atoms with E-state index in [1.165, 1.54) is 27.9 Å². The molecular weight excluding hydrogens is 293 g/mol. The summed E-state index contributed by atoms with van der Waals surface area (Å²) in [6.07, 6.45) is 1.67. The standard InChI is InChI=1S/C14H12FN3O2S/c1-2-17(10-5-3-4-9(15)8-10)12-11(13(19)20)18-6-7-21-14(18)16-12/h3-8H,2H2,1H3,(H,19,20). The minimum Gasteiger partial charge on any atom is -0.476 e. The van der Waals surface area contributed by atoms with Crippen LogP contribution in [0.5, 0.6) is 0 Å². The second-order valence-electron chi connectivity index (χ2n) is 4.37. The first kappa shape index (κ1) is 13.6. The summed E-state index contributed by atoms with van der Waals surface area (Å²) in [6.45, 7) is 2.35. The Morgan fingerprint density at radius 1 is 1.52 bits per heavy atom. The van der Waals surface area contributed by atoms with Gasteiger partial charge in [0.1, 0.15) is 5.82 Å². The van der Waals surface area contributed by atoms with Crippen LogP contribution >= 0.6 is 11.3 Å². The van der Waals surface area contributed by atoms with Gasteiger partial charge < -0.3 is 10.0 Å². The third kappa shape index (κ3) is 2.25. The van der Waals surface area contributed by atoms with Crippen molar-refractivity contribution in [2.45, 2.75) is 6.92 Å². The fourth-order valence-electron chi connectivity index (χ4n) is 2.26. The number of aromatic nitrogens is 2. The number of anilines is 2. The van der Waals surface area contributed by atoms with Crippen LogP contribution in [0.15, 0.2) is 35.8 Å². The van der Waals surface area contributed by atoms with E-state index in [-0.39, 0.29) is 11.5 Å². The number of nitrogens with zero attached hydrogens (tertiary/aromatic N) is 3. The Balaban J connectivity index is 2.19. The smallest absolute Gasteiger partial charge is 0.356 e. The molecule has 3 rings (SSSR count). The van der Waals surface area contributed by atoms with Crippen molar-refractivity contribution >= 4 is 33.8 Å². The second-order valence-corrected chi connectivity index (χ2v) is 5.24. The fraction of sp³-hybridized carbons (Fsp3) is 0.143. The molecule has 1 aromatic carbocycles. The lowest BCUT2D eigenvalue weighted by Gasteiger charge is -2.21. The van der Waals surface area contributed by atoms with Crippen LogP contribution in [0.4, 0.5) is 15.9 Å². The molecule has 0 aliphatic rings. The number of hydrogen-bond acceptors (Lipinski definition) is 4. The van der Waals surface area contributed by atoms with Crippen LogP contribution in [0.3, 0.4) is 0 Å². The van der Waals surface area contributed by atoms with Crippen LogP contribution in [0.25, 0.3) is 4.96 Å². The van der Waals surface area contributed by atoms with Crippen LogP contribution in [0.2, 0.25) is 0 Å². The van der Waals surface area contributed by atoms with Crippen LogP contribution in [-0.4, -0.2) is 27.0 Å². The lowest BCUT2D eigenvalue weighted by Crippen LogP contribution is -2.19. The van der Waals surface area contributed by atoms with Crippen molar-refractivity contribution in [1.82, 2.24) is 9.38 Å². The SMILES string of the molecule is CCN(c1cccc(F)c1)c1nc2sccn2c1C(=O)O. The minimum absolute atomic E-state index is 0.0809. The molecular formula is C14H12FN3O2S. The molecule has 0 fully saturated rings. The van der Waals surface area contributed by atoms with E-state index >= 15 is 0 Å². The average molecular weight is 305 g/mol. The molecule has 0 atom stereocenters. The molecule has 0 saturated heterocycles. The predicted molar refractivity (Wildman–Crippen MR) is 79.1 cm³/mol. The van der Waals surface area contributed by atoms with Crippen molar-refractivity contribution in [3.8, 4) is 0 Å². The molecule has 0 bridgehead atoms. The van der Waals surface area contributed by atoms with Gasteiger partial charge in [-0.3, -0.25) is 4.40 Å². The zero-order valence-electron chi connectivity index (χ0n) is 11.2. The molecule has 0 aliphatic heterocycles. The van der Waals surface area contributed by atoms with Crippen molar-refractivity contribution < 1.29 is 14.3 Å². The van der Waals surface area contributed by atoms with Gasteiger partial charge >= 0.3 is 5.97 Å². The maximum atomic E-state index is 13.4. The van der Waals surface area contributed by atoms with Gasteiger partial charge in [0.15, 0.2) is 16.5 Å². The Labute approximate surface area is 123 Å². The second kappa shape index (κ2) is 5.17. The highest BCUT2D eigenvalue weighted by atomic mass is 32.1. The maximum absolute atomic E-state index is 13.4. The molecule has 0 aliphatic carbocycles. The van der Waals surface area contributed by atoms with Crippen molar-refractivity contribution in [2.24, 2.45) is 0 Å². The van der Waals surface area contributed by atoms with Gasteiger partial charge in [0.2, 0.25) is 0 Å². The molecule has 21 heavy (non-hydrogen) atoms. The highest BCUT2D eigenvalue weighted by Crippen LogP contribution is 2.30. The summed E-state index contributed by atoms with van der Waals surface area (Å²) in [6, 6.07) is 6.03. The Hall–Kier alpha value is -2.41. The zero-order chi connectivity index (χ0) is 15.0. The van der Waals surface area contributed by atoms with Crippen molar-refractivity contribution in [1.29, 1.82) is 0 Å². The molecule has 2 heterocycles. The third-order valence-electron chi connectivity index (χ3n) is 3.14. The maximum Gasteiger partial charge on any atom is 0.356 e. The van der Waals surface area contributed by atoms with Crippen molar-refractivity contribution in [2.75, 3.05) is 11.4 Å². The summed E-state index contributed by atoms with van der Waals surface area (Å²) in [5.74, 6) is -1.11. The molecule has 0 spiro atoms. The number of thiazole rings is 1. The lowest BCUT2D eigenvalue weighted by atomic mass is 10.2. The minimum atomic E-state index is -1.06. The Bertz CT molecular complexity index is 812. The molecule has 5 nitrogen and oxygen atoms in total. The zero-order valence-corrected chi connectivity index (χ0v) is 12.0. The fourth-order valence-corrected chi connectivity index (χ4v) is 2.97. The summed E-state index contributed by atoms with van der Waals surface area (Å²) in [4.78, 5) is 18.2. The summed E-state index contributed by atoms with van der Waals surface area (Å²) >= 11 is 1.35. The highest BCUT2D eigenvalue weighted by Gasteiger charge is 2.24. The number of halogens is 1. The molecule has 0 saturated carbocycles. The lowest BCUT2D eigenvalue weighted by molar-refractivity contribution is 0.0690. The van der Waals surface area contributed by atoms with E-state index in [1.54, 1.807) is 28.6 Å². The van der Waals surface area contributed by atoms with E-state index in [2.05, 4.69) is 4.98 Å². The van der Waals surface area contributed by atoms with Gasteiger partial charge in [0.05, 0.1) is 0 Å². The quantitative estimate of drug-likeness (QED) is 0.802. The Kier molecular flexibility index (Phi) is 3.34. The van der Waals surface area contributed by atoms with Crippen molar-refractivity contribution in [3.05, 3.63) is 47.4 Å². The van der Waals surface area contributed by atoms with E-state index in [0.29, 0.717) is 23.0 Å². The number of aromatic carboxylic acids is 1. The number of carbonyl (C=O) groups is 1. The van der Waals surface area contributed by atoms with Gasteiger partial charge in [-0.25, -0.2) is 14.2 Å². The van der Waals surface area contributed by atoms with Gasteiger partial charge in [0.25, 0.3) is 0 Å². The van der Waals surface area contributed by atoms with Crippen LogP contribution in [0, 0.1) is 5.82 Å². The molecule has 0 radical (unpaired) electrons. The van der Waals surface area contributed by atoms with Gasteiger partial charge in [-0.05, 0) is 25.1 Å². The number of fused-ring (bicyclic) bond motifs is 1. The van der Waals surface area contributed by atoms with E-state index in [1.807, 2.05) is 6.92 Å². The molecule has 0 amide bonds. The molecule has 7 heteroatoms. The number of imidazole rings is 1. The summed E-state index contributed by atoms with van der Waals surface area (Å²) in [5, 5.41) is 11.2. The number of hydrogen-bond donors (Lipinski definition) is 1. The number of benzene rings is 1. The predicted octanol–water partition coefficient (Wildman–Crippen LogP) is 3.39. The Morgan fingerprint density at radius 2 is 2.33 bits per heavy atom. The van der Waals surface area contributed by atoms with Gasteiger partial charge in [-0.15, -0.1) is 11.3 Å². The molecule has 0 unspecified atom stereocenters. The van der Waals surface area contributed by atoms with Crippen LogP contribution in [0.1, 0.15) is 17.4 Å². The van der Waals surface area contributed by atoms with E-state index in [0.717, 1.165) is 0 Å². The van der Waals surface area contributed by atoms with Crippen molar-refractivity contribution in [3.63, 3.8) is 0 Å². The number of carboxylic acids is 1. The first-order valence-corrected chi connectivity index (χ1v) is 7.21. The monoisotopic (exact) mass is 305 g/mol. The molecule has 2 aromatic heterocycles. The molecule has 108 valence electrons. The summed E-state index contributed by atoms with van der Waals surface area (Å²) < 4.78 is 14.9. The number of carboxylic acid groups (broad SMARTS) is 1. The average Bonchev–Trinajstić information content (AvgIpc) is 2.99. The van der Waals surface area contributed by atoms with E-state index < -0.39 is 5.97 Å². The molecule has 1 N–H and O–H groups in total. The van der Waals surface area contributed by atoms with E-state index in [9.17, 15) is 14.3 Å². The first-order chi connectivity index (χ1) is 10.1. The van der Waals surface area contributed by atoms with Gasteiger partial charge in [0, 0.05) is 23.8 Å². The first-order valence-electron chi connectivity index (χ1n) is 6.33. The van der Waals surface area contributed by atoms with E-state index in [4.69, 9.17) is 0 Å². The third-order valence-corrected chi connectivity index (χ3v) is 3.89. The topological polar surface area (TPSA) is 57.8 Å². The normalized spacial score (nSPS) is 11.0. The molecule has 3 aromatic rings. The van der Waals surface area contributed by atoms with Gasteiger partial charge in [-0.2, -0.15) is 0 Å². The summed E-state index contributed by atoms with van der Waals surface area (Å²) in [5.41, 5.74) is 0.656. The highest BCUT2D eigenvalue weighted by molar-refractivity contribution is 7.15.